The number of aromatic amines is 1. The molecular formula is C23H14F5N7O2S. The third-order valence-electron chi connectivity index (χ3n) is 5.33. The van der Waals surface area contributed by atoms with E-state index in [1.807, 2.05) is 4.72 Å². The molecule has 0 radical (unpaired) electrons. The number of hydrogen-bond acceptors (Lipinski definition) is 7. The SMILES string of the molecule is O=S(=O)(Nc1ccc(F)c(Nc2ncccc2-c2ncnc3[nH]cnc23)c1F)c1cccc(C(F)(F)F)c1. The van der Waals surface area contributed by atoms with Gasteiger partial charge in [0.1, 0.15) is 34.9 Å². The summed E-state index contributed by atoms with van der Waals surface area (Å²) >= 11 is 0. The van der Waals surface area contributed by atoms with Crippen LogP contribution < -0.4 is 10.0 Å². The van der Waals surface area contributed by atoms with Gasteiger partial charge in [0.05, 0.1) is 22.5 Å². The lowest BCUT2D eigenvalue weighted by Crippen LogP contribution is -2.16. The highest BCUT2D eigenvalue weighted by Gasteiger charge is 2.32. The summed E-state index contributed by atoms with van der Waals surface area (Å²) in [6.07, 6.45) is -0.789. The lowest BCUT2D eigenvalue weighted by molar-refractivity contribution is -0.137. The summed E-state index contributed by atoms with van der Waals surface area (Å²) in [6.45, 7) is 0. The van der Waals surface area contributed by atoms with E-state index in [1.165, 1.54) is 18.9 Å². The number of fused-ring (bicyclic) bond motifs is 1. The third-order valence-corrected chi connectivity index (χ3v) is 6.69. The van der Waals surface area contributed by atoms with Crippen LogP contribution in [0.3, 0.4) is 0 Å². The number of anilines is 3. The number of halogens is 5. The molecule has 15 heteroatoms. The average Bonchev–Trinajstić information content (AvgIpc) is 3.37. The summed E-state index contributed by atoms with van der Waals surface area (Å²) in [6, 6.07) is 7.63. The summed E-state index contributed by atoms with van der Waals surface area (Å²) < 4.78 is 96.5. The van der Waals surface area contributed by atoms with E-state index in [2.05, 4.69) is 30.2 Å². The number of benzene rings is 2. The number of H-pyrrole nitrogens is 1. The van der Waals surface area contributed by atoms with Crippen LogP contribution in [-0.4, -0.2) is 33.3 Å². The van der Waals surface area contributed by atoms with Gasteiger partial charge in [-0.25, -0.2) is 37.1 Å². The minimum Gasteiger partial charge on any atom is -0.335 e. The van der Waals surface area contributed by atoms with E-state index in [0.717, 1.165) is 24.3 Å². The van der Waals surface area contributed by atoms with E-state index >= 15 is 4.39 Å². The second-order valence-corrected chi connectivity index (χ2v) is 9.44. The lowest BCUT2D eigenvalue weighted by Gasteiger charge is -2.15. The Morgan fingerprint density at radius 2 is 1.74 bits per heavy atom. The van der Waals surface area contributed by atoms with Crippen molar-refractivity contribution in [3.8, 4) is 11.3 Å². The second kappa shape index (κ2) is 9.33. The second-order valence-electron chi connectivity index (χ2n) is 7.76. The summed E-state index contributed by atoms with van der Waals surface area (Å²) in [5.74, 6) is -2.48. The maximum absolute atomic E-state index is 15.4. The molecule has 38 heavy (non-hydrogen) atoms. The van der Waals surface area contributed by atoms with Crippen molar-refractivity contribution in [3.63, 3.8) is 0 Å². The Morgan fingerprint density at radius 3 is 2.53 bits per heavy atom. The van der Waals surface area contributed by atoms with Gasteiger partial charge in [0.2, 0.25) is 0 Å². The highest BCUT2D eigenvalue weighted by molar-refractivity contribution is 7.92. The minimum absolute atomic E-state index is 0.0359. The third kappa shape index (κ3) is 4.70. The Morgan fingerprint density at radius 1 is 0.921 bits per heavy atom. The largest absolute Gasteiger partial charge is 0.416 e. The quantitative estimate of drug-likeness (QED) is 0.248. The molecule has 194 valence electrons. The van der Waals surface area contributed by atoms with Crippen LogP contribution >= 0.6 is 0 Å². The van der Waals surface area contributed by atoms with Gasteiger partial charge in [-0.3, -0.25) is 4.72 Å². The first-order chi connectivity index (χ1) is 18.0. The van der Waals surface area contributed by atoms with Gasteiger partial charge in [-0.2, -0.15) is 13.2 Å². The Balaban J connectivity index is 1.51. The number of imidazole rings is 1. The van der Waals surface area contributed by atoms with Crippen LogP contribution in [0.1, 0.15) is 5.56 Å². The van der Waals surface area contributed by atoms with Crippen LogP contribution in [0, 0.1) is 11.6 Å². The first-order valence-corrected chi connectivity index (χ1v) is 12.1. The molecule has 0 aliphatic rings. The van der Waals surface area contributed by atoms with Gasteiger partial charge in [0.15, 0.2) is 11.5 Å². The zero-order valence-electron chi connectivity index (χ0n) is 18.8. The zero-order chi connectivity index (χ0) is 27.1. The van der Waals surface area contributed by atoms with Crippen molar-refractivity contribution in [1.29, 1.82) is 0 Å². The van der Waals surface area contributed by atoms with Gasteiger partial charge in [-0.1, -0.05) is 6.07 Å². The number of pyridine rings is 1. The first kappa shape index (κ1) is 25.0. The smallest absolute Gasteiger partial charge is 0.335 e. The monoisotopic (exact) mass is 547 g/mol. The predicted octanol–water partition coefficient (Wildman–Crippen LogP) is 5.26. The molecule has 0 aliphatic heterocycles. The van der Waals surface area contributed by atoms with Crippen LogP contribution in [0.4, 0.5) is 39.1 Å². The van der Waals surface area contributed by atoms with E-state index in [9.17, 15) is 26.0 Å². The predicted molar refractivity (Wildman–Crippen MR) is 127 cm³/mol. The molecule has 0 saturated heterocycles. The molecule has 0 atom stereocenters. The maximum atomic E-state index is 15.4. The average molecular weight is 547 g/mol. The molecular weight excluding hydrogens is 533 g/mol. The molecule has 0 saturated carbocycles. The fraction of sp³-hybridized carbons (Fsp3) is 0.0435. The van der Waals surface area contributed by atoms with Gasteiger partial charge >= 0.3 is 6.18 Å². The van der Waals surface area contributed by atoms with Gasteiger partial charge in [0, 0.05) is 11.8 Å². The van der Waals surface area contributed by atoms with Crippen molar-refractivity contribution < 1.29 is 30.4 Å². The molecule has 5 rings (SSSR count). The van der Waals surface area contributed by atoms with Crippen molar-refractivity contribution in [3.05, 3.63) is 84.6 Å². The number of nitrogens with zero attached hydrogens (tertiary/aromatic N) is 4. The number of hydrogen-bond donors (Lipinski definition) is 3. The summed E-state index contributed by atoms with van der Waals surface area (Å²) in [5.41, 5.74) is -1.29. The molecule has 0 unspecified atom stereocenters. The zero-order valence-corrected chi connectivity index (χ0v) is 19.6. The van der Waals surface area contributed by atoms with Gasteiger partial charge in [0.25, 0.3) is 10.0 Å². The number of sulfonamides is 1. The maximum Gasteiger partial charge on any atom is 0.416 e. The molecule has 5 aromatic rings. The van der Waals surface area contributed by atoms with Gasteiger partial charge in [-0.15, -0.1) is 0 Å². The van der Waals surface area contributed by atoms with Crippen molar-refractivity contribution in [2.45, 2.75) is 11.1 Å². The number of nitrogens with one attached hydrogen (secondary N) is 3. The topological polar surface area (TPSA) is 126 Å². The van der Waals surface area contributed by atoms with E-state index < -0.39 is 49.7 Å². The van der Waals surface area contributed by atoms with E-state index in [-0.39, 0.29) is 5.82 Å². The first-order valence-electron chi connectivity index (χ1n) is 10.6. The molecule has 0 amide bonds. The molecule has 9 nitrogen and oxygen atoms in total. The number of rotatable bonds is 6. The normalized spacial score (nSPS) is 12.0. The highest BCUT2D eigenvalue weighted by atomic mass is 32.2. The fourth-order valence-corrected chi connectivity index (χ4v) is 4.67. The molecule has 0 fully saturated rings. The molecule has 3 N–H and O–H groups in total. The van der Waals surface area contributed by atoms with Crippen LogP contribution in [0.15, 0.2) is 72.3 Å². The van der Waals surface area contributed by atoms with Gasteiger partial charge in [-0.05, 0) is 42.5 Å². The van der Waals surface area contributed by atoms with Gasteiger partial charge < -0.3 is 10.3 Å². The van der Waals surface area contributed by atoms with Crippen LogP contribution in [-0.2, 0) is 16.2 Å². The molecule has 0 bridgehead atoms. The number of aromatic nitrogens is 5. The summed E-state index contributed by atoms with van der Waals surface area (Å²) in [7, 11) is -4.67. The number of alkyl halides is 3. The Hall–Kier alpha value is -4.66. The highest BCUT2D eigenvalue weighted by Crippen LogP contribution is 2.35. The fourth-order valence-electron chi connectivity index (χ4n) is 3.57. The van der Waals surface area contributed by atoms with E-state index in [0.29, 0.717) is 34.6 Å². The van der Waals surface area contributed by atoms with Crippen LogP contribution in [0.25, 0.3) is 22.4 Å². The van der Waals surface area contributed by atoms with E-state index in [1.54, 1.807) is 12.1 Å². The molecule has 3 aromatic heterocycles. The Bertz CT molecular complexity index is 1770. The molecule has 0 spiro atoms. The molecule has 2 aromatic carbocycles. The summed E-state index contributed by atoms with van der Waals surface area (Å²) in [5, 5.41) is 2.52. The van der Waals surface area contributed by atoms with E-state index in [4.69, 9.17) is 0 Å². The lowest BCUT2D eigenvalue weighted by atomic mass is 10.1. The summed E-state index contributed by atoms with van der Waals surface area (Å²) in [4.78, 5) is 18.6. The standard InChI is InChI=1S/C23H14F5N7O2S/c24-15-6-7-16(35-38(36,37)13-4-1-3-12(9-13)23(26,27)28)17(25)19(15)34-21-14(5-2-8-29-21)18-20-22(32-10-30-18)33-11-31-20/h1-11,35H,(H,29,34)(H,30,31,32,33). The van der Waals surface area contributed by atoms with Crippen molar-refractivity contribution >= 4 is 38.4 Å². The Labute approximate surface area is 210 Å². The van der Waals surface area contributed by atoms with Crippen molar-refractivity contribution in [2.75, 3.05) is 10.0 Å². The van der Waals surface area contributed by atoms with Crippen LogP contribution in [0.5, 0.6) is 0 Å². The molecule has 0 aliphatic carbocycles. The van der Waals surface area contributed by atoms with Crippen molar-refractivity contribution in [1.82, 2.24) is 24.9 Å². The minimum atomic E-state index is -4.80. The Kier molecular flexibility index (Phi) is 6.14. The van der Waals surface area contributed by atoms with Crippen molar-refractivity contribution in [2.24, 2.45) is 0 Å². The molecule has 3 heterocycles. The van der Waals surface area contributed by atoms with Crippen LogP contribution in [0.2, 0.25) is 0 Å².